The van der Waals surface area contributed by atoms with Gasteiger partial charge in [0.1, 0.15) is 5.82 Å². The van der Waals surface area contributed by atoms with Gasteiger partial charge in [0.2, 0.25) is 5.91 Å². The second-order valence-corrected chi connectivity index (χ2v) is 6.22. The molecule has 1 aliphatic heterocycles. The lowest BCUT2D eigenvalue weighted by Gasteiger charge is -2.20. The summed E-state index contributed by atoms with van der Waals surface area (Å²) in [6.07, 6.45) is 3.26. The van der Waals surface area contributed by atoms with Crippen LogP contribution < -0.4 is 10.6 Å². The van der Waals surface area contributed by atoms with Crippen molar-refractivity contribution in [1.82, 2.24) is 4.98 Å². The number of amides is 1. The Labute approximate surface area is 146 Å². The van der Waals surface area contributed by atoms with Gasteiger partial charge in [-0.15, -0.1) is 0 Å². The molecule has 1 aliphatic rings. The van der Waals surface area contributed by atoms with Gasteiger partial charge in [-0.3, -0.25) is 4.79 Å². The molecule has 2 heterocycles. The van der Waals surface area contributed by atoms with Gasteiger partial charge < -0.3 is 15.4 Å². The number of nitrogens with one attached hydrogen (secondary N) is 2. The highest BCUT2D eigenvalue weighted by Crippen LogP contribution is 2.18. The van der Waals surface area contributed by atoms with Crippen molar-refractivity contribution in [2.24, 2.45) is 5.92 Å². The molecule has 3 rings (SSSR count). The molecule has 0 atom stereocenters. The fourth-order valence-corrected chi connectivity index (χ4v) is 2.69. The van der Waals surface area contributed by atoms with Gasteiger partial charge in [-0.1, -0.05) is 23.7 Å². The first-order chi connectivity index (χ1) is 11.7. The van der Waals surface area contributed by atoms with Gasteiger partial charge in [-0.25, -0.2) is 4.98 Å². The number of hydrogen-bond donors (Lipinski definition) is 2. The van der Waals surface area contributed by atoms with Crippen molar-refractivity contribution in [1.29, 1.82) is 0 Å². The zero-order valence-corrected chi connectivity index (χ0v) is 14.1. The number of halogens is 1. The third-order valence-corrected chi connectivity index (χ3v) is 4.27. The van der Waals surface area contributed by atoms with Crippen LogP contribution in [0.1, 0.15) is 18.4 Å². The molecular weight excluding hydrogens is 326 g/mol. The van der Waals surface area contributed by atoms with Crippen LogP contribution in [0.2, 0.25) is 5.02 Å². The van der Waals surface area contributed by atoms with E-state index in [1.807, 2.05) is 30.3 Å². The fraction of sp³-hybridized carbons (Fsp3) is 0.333. The highest BCUT2D eigenvalue weighted by molar-refractivity contribution is 6.30. The van der Waals surface area contributed by atoms with E-state index in [9.17, 15) is 4.79 Å². The summed E-state index contributed by atoms with van der Waals surface area (Å²) >= 11 is 5.87. The average Bonchev–Trinajstić information content (AvgIpc) is 2.63. The molecule has 1 saturated heterocycles. The number of rotatable bonds is 5. The van der Waals surface area contributed by atoms with Crippen LogP contribution in [0, 0.1) is 5.92 Å². The Kier molecular flexibility index (Phi) is 5.67. The molecule has 0 bridgehead atoms. The lowest BCUT2D eigenvalue weighted by Crippen LogP contribution is -2.28. The summed E-state index contributed by atoms with van der Waals surface area (Å²) < 4.78 is 5.27. The first-order valence-electron chi connectivity index (χ1n) is 8.04. The number of ether oxygens (including phenoxy) is 1. The Morgan fingerprint density at radius 2 is 1.92 bits per heavy atom. The molecule has 0 unspecified atom stereocenters. The largest absolute Gasteiger partial charge is 0.381 e. The van der Waals surface area contributed by atoms with E-state index in [1.165, 1.54) is 0 Å². The van der Waals surface area contributed by atoms with Crippen LogP contribution in [-0.4, -0.2) is 24.1 Å². The van der Waals surface area contributed by atoms with Crippen molar-refractivity contribution < 1.29 is 9.53 Å². The van der Waals surface area contributed by atoms with Crippen molar-refractivity contribution in [2.75, 3.05) is 23.8 Å². The molecule has 1 fully saturated rings. The SMILES string of the molecule is O=C(Nc1ccc(NCc2ccc(Cl)cc2)cn1)C1CCOCC1. The van der Waals surface area contributed by atoms with E-state index in [-0.39, 0.29) is 11.8 Å². The molecule has 6 heteroatoms. The molecule has 2 aromatic rings. The molecule has 1 aromatic heterocycles. The van der Waals surface area contributed by atoms with E-state index < -0.39 is 0 Å². The molecule has 0 saturated carbocycles. The van der Waals surface area contributed by atoms with Gasteiger partial charge >= 0.3 is 0 Å². The number of carbonyl (C=O) groups excluding carboxylic acids is 1. The zero-order valence-electron chi connectivity index (χ0n) is 13.3. The van der Waals surface area contributed by atoms with Crippen LogP contribution in [-0.2, 0) is 16.1 Å². The number of benzene rings is 1. The van der Waals surface area contributed by atoms with E-state index >= 15 is 0 Å². The van der Waals surface area contributed by atoms with Gasteiger partial charge in [-0.2, -0.15) is 0 Å². The first kappa shape index (κ1) is 16.7. The number of hydrogen-bond acceptors (Lipinski definition) is 4. The minimum Gasteiger partial charge on any atom is -0.381 e. The van der Waals surface area contributed by atoms with Crippen LogP contribution in [0.15, 0.2) is 42.6 Å². The molecular formula is C18H20ClN3O2. The molecule has 0 spiro atoms. The normalized spacial score (nSPS) is 15.0. The van der Waals surface area contributed by atoms with Crippen LogP contribution in [0.5, 0.6) is 0 Å². The highest BCUT2D eigenvalue weighted by atomic mass is 35.5. The van der Waals surface area contributed by atoms with Crippen LogP contribution in [0.3, 0.4) is 0 Å². The fourth-order valence-electron chi connectivity index (χ4n) is 2.57. The van der Waals surface area contributed by atoms with Gasteiger partial charge in [0.05, 0.1) is 11.9 Å². The Morgan fingerprint density at radius 1 is 1.17 bits per heavy atom. The Morgan fingerprint density at radius 3 is 2.58 bits per heavy atom. The Bertz CT molecular complexity index is 668. The number of carbonyl (C=O) groups is 1. The lowest BCUT2D eigenvalue weighted by molar-refractivity contribution is -0.122. The third-order valence-electron chi connectivity index (χ3n) is 4.02. The number of pyridine rings is 1. The number of nitrogens with zero attached hydrogens (tertiary/aromatic N) is 1. The number of anilines is 2. The summed E-state index contributed by atoms with van der Waals surface area (Å²) in [4.78, 5) is 16.5. The predicted octanol–water partition coefficient (Wildman–Crippen LogP) is 3.71. The van der Waals surface area contributed by atoms with Crippen molar-refractivity contribution in [3.8, 4) is 0 Å². The second kappa shape index (κ2) is 8.13. The maximum Gasteiger partial charge on any atom is 0.228 e. The summed E-state index contributed by atoms with van der Waals surface area (Å²) in [5, 5.41) is 6.89. The van der Waals surface area contributed by atoms with E-state index in [4.69, 9.17) is 16.3 Å². The summed E-state index contributed by atoms with van der Waals surface area (Å²) in [5.41, 5.74) is 2.03. The molecule has 5 nitrogen and oxygen atoms in total. The quantitative estimate of drug-likeness (QED) is 0.867. The smallest absolute Gasteiger partial charge is 0.228 e. The van der Waals surface area contributed by atoms with Crippen LogP contribution in [0.4, 0.5) is 11.5 Å². The van der Waals surface area contributed by atoms with E-state index in [2.05, 4.69) is 15.6 Å². The van der Waals surface area contributed by atoms with Crippen molar-refractivity contribution in [3.05, 3.63) is 53.2 Å². The maximum atomic E-state index is 12.2. The van der Waals surface area contributed by atoms with Crippen LogP contribution >= 0.6 is 11.6 Å². The molecule has 2 N–H and O–H groups in total. The molecule has 0 aliphatic carbocycles. The van der Waals surface area contributed by atoms with Crippen molar-refractivity contribution in [2.45, 2.75) is 19.4 Å². The van der Waals surface area contributed by atoms with Crippen molar-refractivity contribution >= 4 is 29.0 Å². The average molecular weight is 346 g/mol. The topological polar surface area (TPSA) is 63.2 Å². The second-order valence-electron chi connectivity index (χ2n) is 5.79. The summed E-state index contributed by atoms with van der Waals surface area (Å²) in [6, 6.07) is 11.4. The third kappa shape index (κ3) is 4.69. The minimum atomic E-state index is 0.0169. The minimum absolute atomic E-state index is 0.0169. The van der Waals surface area contributed by atoms with Crippen LogP contribution in [0.25, 0.3) is 0 Å². The standard InChI is InChI=1S/C18H20ClN3O2/c19-15-3-1-13(2-4-15)11-20-16-5-6-17(21-12-16)22-18(23)14-7-9-24-10-8-14/h1-6,12,14,20H,7-11H2,(H,21,22,23). The highest BCUT2D eigenvalue weighted by Gasteiger charge is 2.21. The molecule has 126 valence electrons. The Balaban J connectivity index is 1.51. The summed E-state index contributed by atoms with van der Waals surface area (Å²) in [7, 11) is 0. The van der Waals surface area contributed by atoms with Crippen molar-refractivity contribution in [3.63, 3.8) is 0 Å². The van der Waals surface area contributed by atoms with Gasteiger partial charge in [0.25, 0.3) is 0 Å². The van der Waals surface area contributed by atoms with E-state index in [0.717, 1.165) is 29.1 Å². The Hall–Kier alpha value is -2.11. The van der Waals surface area contributed by atoms with Gasteiger partial charge in [0, 0.05) is 30.7 Å². The molecule has 1 amide bonds. The molecule has 1 aromatic carbocycles. The maximum absolute atomic E-state index is 12.2. The van der Waals surface area contributed by atoms with Gasteiger partial charge in [0.15, 0.2) is 0 Å². The van der Waals surface area contributed by atoms with E-state index in [0.29, 0.717) is 25.6 Å². The predicted molar refractivity (Wildman–Crippen MR) is 95.2 cm³/mol. The summed E-state index contributed by atoms with van der Waals surface area (Å²) in [5.74, 6) is 0.611. The monoisotopic (exact) mass is 345 g/mol. The zero-order chi connectivity index (χ0) is 16.8. The van der Waals surface area contributed by atoms with E-state index in [1.54, 1.807) is 12.3 Å². The lowest BCUT2D eigenvalue weighted by atomic mass is 9.99. The number of aromatic nitrogens is 1. The summed E-state index contributed by atoms with van der Waals surface area (Å²) in [6.45, 7) is 1.99. The van der Waals surface area contributed by atoms with Gasteiger partial charge in [-0.05, 0) is 42.7 Å². The molecule has 24 heavy (non-hydrogen) atoms. The molecule has 0 radical (unpaired) electrons. The first-order valence-corrected chi connectivity index (χ1v) is 8.41.